The van der Waals surface area contributed by atoms with Gasteiger partial charge in [0, 0.05) is 15.1 Å². The largest absolute Gasteiger partial charge is 0.479 e. The molecule has 3 aromatic carbocycles. The van der Waals surface area contributed by atoms with Crippen LogP contribution in [0, 0.1) is 6.92 Å². The van der Waals surface area contributed by atoms with Crippen molar-refractivity contribution in [2.45, 2.75) is 13.0 Å². The number of aliphatic hydroxyl groups is 1. The third kappa shape index (κ3) is 2.81. The van der Waals surface area contributed by atoms with E-state index in [1.807, 2.05) is 36.4 Å². The molecule has 122 valence electrons. The molecule has 5 heteroatoms. The highest BCUT2D eigenvalue weighted by atomic mass is 79.9. The van der Waals surface area contributed by atoms with Crippen LogP contribution in [0.3, 0.4) is 0 Å². The van der Waals surface area contributed by atoms with Gasteiger partial charge in [-0.25, -0.2) is 4.79 Å². The number of hydrogen-bond donors (Lipinski definition) is 2. The van der Waals surface area contributed by atoms with Crippen LogP contribution < -0.4 is 0 Å². The summed E-state index contributed by atoms with van der Waals surface area (Å²) in [5, 5.41) is 22.1. The van der Waals surface area contributed by atoms with Gasteiger partial charge in [0.05, 0.1) is 0 Å². The first kappa shape index (κ1) is 17.0. The Morgan fingerprint density at radius 1 is 1.08 bits per heavy atom. The lowest BCUT2D eigenvalue weighted by molar-refractivity contribution is -0.146. The Hall–Kier alpha value is -1.88. The SMILES string of the molecule is Cc1c(C(O)C(=O)O)c(-c2ccc(Cl)cc2)c2ccccc2c1Br. The number of aliphatic hydroxyl groups excluding tert-OH is 1. The summed E-state index contributed by atoms with van der Waals surface area (Å²) in [6, 6.07) is 14.8. The number of fused-ring (bicyclic) bond motifs is 1. The zero-order valence-electron chi connectivity index (χ0n) is 12.8. The summed E-state index contributed by atoms with van der Waals surface area (Å²) in [7, 11) is 0. The minimum Gasteiger partial charge on any atom is -0.479 e. The second-order valence-electron chi connectivity index (χ2n) is 5.52. The molecule has 0 radical (unpaired) electrons. The molecule has 0 saturated heterocycles. The van der Waals surface area contributed by atoms with Crippen molar-refractivity contribution >= 4 is 44.3 Å². The molecule has 0 fully saturated rings. The summed E-state index contributed by atoms with van der Waals surface area (Å²) >= 11 is 9.52. The van der Waals surface area contributed by atoms with Gasteiger partial charge in [-0.2, -0.15) is 0 Å². The van der Waals surface area contributed by atoms with Gasteiger partial charge in [0.1, 0.15) is 0 Å². The molecule has 0 spiro atoms. The van der Waals surface area contributed by atoms with Gasteiger partial charge in [0.25, 0.3) is 0 Å². The molecule has 2 N–H and O–H groups in total. The molecule has 24 heavy (non-hydrogen) atoms. The van der Waals surface area contributed by atoms with E-state index in [0.29, 0.717) is 21.7 Å². The Labute approximate surface area is 152 Å². The monoisotopic (exact) mass is 404 g/mol. The smallest absolute Gasteiger partial charge is 0.337 e. The highest BCUT2D eigenvalue weighted by Gasteiger charge is 2.26. The summed E-state index contributed by atoms with van der Waals surface area (Å²) in [6.45, 7) is 1.80. The third-order valence-corrected chi connectivity index (χ3v) is 5.35. The van der Waals surface area contributed by atoms with Crippen molar-refractivity contribution in [1.82, 2.24) is 0 Å². The molecule has 0 bridgehead atoms. The van der Waals surface area contributed by atoms with Crippen molar-refractivity contribution in [2.75, 3.05) is 0 Å². The number of carboxylic acids is 1. The second kappa shape index (κ2) is 6.55. The van der Waals surface area contributed by atoms with Crippen LogP contribution in [0.1, 0.15) is 17.2 Å². The molecule has 3 aromatic rings. The maximum atomic E-state index is 11.5. The fourth-order valence-electron chi connectivity index (χ4n) is 2.94. The summed E-state index contributed by atoms with van der Waals surface area (Å²) < 4.78 is 0.783. The Morgan fingerprint density at radius 3 is 2.25 bits per heavy atom. The molecule has 0 aromatic heterocycles. The predicted octanol–water partition coefficient (Wildman–Crippen LogP) is 5.35. The van der Waals surface area contributed by atoms with Gasteiger partial charge in [-0.05, 0) is 62.4 Å². The molecule has 3 rings (SSSR count). The summed E-state index contributed by atoms with van der Waals surface area (Å²) in [5.74, 6) is -1.28. The average molecular weight is 406 g/mol. The van der Waals surface area contributed by atoms with Crippen molar-refractivity contribution in [1.29, 1.82) is 0 Å². The minimum atomic E-state index is -1.61. The zero-order chi connectivity index (χ0) is 17.4. The number of benzene rings is 3. The molecule has 0 aliphatic heterocycles. The molecule has 0 saturated carbocycles. The number of carbonyl (C=O) groups is 1. The quantitative estimate of drug-likeness (QED) is 0.617. The van der Waals surface area contributed by atoms with Crippen molar-refractivity contribution in [3.05, 3.63) is 69.2 Å². The Bertz CT molecular complexity index is 935. The maximum Gasteiger partial charge on any atom is 0.337 e. The second-order valence-corrected chi connectivity index (χ2v) is 6.75. The minimum absolute atomic E-state index is 0.385. The van der Waals surface area contributed by atoms with Crippen molar-refractivity contribution in [3.63, 3.8) is 0 Å². The summed E-state index contributed by atoms with van der Waals surface area (Å²) in [6.07, 6.45) is -1.61. The van der Waals surface area contributed by atoms with Gasteiger partial charge in [-0.3, -0.25) is 0 Å². The third-order valence-electron chi connectivity index (χ3n) is 4.08. The van der Waals surface area contributed by atoms with Crippen LogP contribution in [0.25, 0.3) is 21.9 Å². The standard InChI is InChI=1S/C19H14BrClO3/c1-10-15(18(22)19(23)24)16(11-6-8-12(21)9-7-11)13-4-2-3-5-14(13)17(10)20/h2-9,18,22H,1H3,(H,23,24). The molecular formula is C19H14BrClO3. The van der Waals surface area contributed by atoms with E-state index >= 15 is 0 Å². The van der Waals surface area contributed by atoms with Gasteiger partial charge < -0.3 is 10.2 Å². The van der Waals surface area contributed by atoms with Gasteiger partial charge in [0.2, 0.25) is 0 Å². The van der Waals surface area contributed by atoms with Crippen LogP contribution >= 0.6 is 27.5 Å². The fraction of sp³-hybridized carbons (Fsp3) is 0.105. The van der Waals surface area contributed by atoms with Crippen LogP contribution in [0.2, 0.25) is 5.02 Å². The first-order chi connectivity index (χ1) is 11.4. The molecular weight excluding hydrogens is 392 g/mol. The van der Waals surface area contributed by atoms with E-state index in [9.17, 15) is 15.0 Å². The van der Waals surface area contributed by atoms with Gasteiger partial charge in [-0.15, -0.1) is 0 Å². The molecule has 1 atom stereocenters. The average Bonchev–Trinajstić information content (AvgIpc) is 2.58. The van der Waals surface area contributed by atoms with Crippen LogP contribution in [0.5, 0.6) is 0 Å². The van der Waals surface area contributed by atoms with Crippen molar-refractivity contribution in [2.24, 2.45) is 0 Å². The summed E-state index contributed by atoms with van der Waals surface area (Å²) in [4.78, 5) is 11.5. The van der Waals surface area contributed by atoms with E-state index in [-0.39, 0.29) is 0 Å². The molecule has 0 aliphatic rings. The van der Waals surface area contributed by atoms with E-state index in [2.05, 4.69) is 15.9 Å². The van der Waals surface area contributed by atoms with E-state index in [4.69, 9.17) is 11.6 Å². The van der Waals surface area contributed by atoms with Gasteiger partial charge in [0.15, 0.2) is 6.10 Å². The normalized spacial score (nSPS) is 12.3. The van der Waals surface area contributed by atoms with Crippen LogP contribution in [0.4, 0.5) is 0 Å². The lowest BCUT2D eigenvalue weighted by Crippen LogP contribution is -2.14. The first-order valence-electron chi connectivity index (χ1n) is 7.29. The van der Waals surface area contributed by atoms with Crippen LogP contribution in [0.15, 0.2) is 53.0 Å². The Morgan fingerprint density at radius 2 is 1.67 bits per heavy atom. The molecule has 0 aliphatic carbocycles. The lowest BCUT2D eigenvalue weighted by Gasteiger charge is -2.20. The number of halogens is 2. The van der Waals surface area contributed by atoms with Crippen LogP contribution in [-0.4, -0.2) is 16.2 Å². The van der Waals surface area contributed by atoms with E-state index in [1.165, 1.54) is 0 Å². The highest BCUT2D eigenvalue weighted by molar-refractivity contribution is 9.10. The van der Waals surface area contributed by atoms with E-state index in [0.717, 1.165) is 20.8 Å². The Kier molecular flexibility index (Phi) is 4.63. The van der Waals surface area contributed by atoms with Crippen molar-refractivity contribution in [3.8, 4) is 11.1 Å². The highest BCUT2D eigenvalue weighted by Crippen LogP contribution is 2.42. The predicted molar refractivity (Wildman–Crippen MR) is 99.4 cm³/mol. The molecule has 3 nitrogen and oxygen atoms in total. The number of hydrogen-bond acceptors (Lipinski definition) is 2. The molecule has 1 unspecified atom stereocenters. The van der Waals surface area contributed by atoms with Crippen molar-refractivity contribution < 1.29 is 15.0 Å². The topological polar surface area (TPSA) is 57.5 Å². The van der Waals surface area contributed by atoms with Gasteiger partial charge >= 0.3 is 5.97 Å². The fourth-order valence-corrected chi connectivity index (χ4v) is 3.62. The lowest BCUT2D eigenvalue weighted by atomic mass is 9.87. The maximum absolute atomic E-state index is 11.5. The number of carboxylic acid groups (broad SMARTS) is 1. The van der Waals surface area contributed by atoms with E-state index in [1.54, 1.807) is 19.1 Å². The van der Waals surface area contributed by atoms with Gasteiger partial charge in [-0.1, -0.05) is 48.0 Å². The van der Waals surface area contributed by atoms with Crippen LogP contribution in [-0.2, 0) is 4.79 Å². The first-order valence-corrected chi connectivity index (χ1v) is 8.46. The summed E-state index contributed by atoms with van der Waals surface area (Å²) in [5.41, 5.74) is 2.60. The Balaban J connectivity index is 2.47. The molecule has 0 heterocycles. The number of aliphatic carboxylic acids is 1. The number of rotatable bonds is 3. The van der Waals surface area contributed by atoms with E-state index < -0.39 is 12.1 Å². The zero-order valence-corrected chi connectivity index (χ0v) is 15.1. The molecule has 0 amide bonds.